The third-order valence-electron chi connectivity index (χ3n) is 4.36. The first kappa shape index (κ1) is 15.0. The Labute approximate surface area is 124 Å². The molecule has 1 fully saturated rings. The molecule has 0 spiro atoms. The van der Waals surface area contributed by atoms with Crippen molar-refractivity contribution >= 4 is 15.9 Å². The van der Waals surface area contributed by atoms with Crippen LogP contribution in [0.15, 0.2) is 28.7 Å². The Kier molecular flexibility index (Phi) is 5.01. The summed E-state index contributed by atoms with van der Waals surface area (Å²) in [5, 5.41) is 0. The third kappa shape index (κ3) is 3.37. The first-order chi connectivity index (χ1) is 9.05. The largest absolute Gasteiger partial charge is 0.297 e. The first-order valence-corrected chi connectivity index (χ1v) is 7.79. The van der Waals surface area contributed by atoms with E-state index in [0.29, 0.717) is 0 Å². The number of nitrogens with zero attached hydrogens (tertiary/aromatic N) is 1. The van der Waals surface area contributed by atoms with Gasteiger partial charge in [-0.2, -0.15) is 0 Å². The van der Waals surface area contributed by atoms with Crippen molar-refractivity contribution in [2.24, 2.45) is 5.84 Å². The average Bonchev–Trinajstić information content (AvgIpc) is 2.92. The maximum atomic E-state index is 5.83. The van der Waals surface area contributed by atoms with E-state index in [1.807, 2.05) is 6.07 Å². The third-order valence-corrected chi connectivity index (χ3v) is 5.13. The molecule has 1 aliphatic rings. The fourth-order valence-corrected chi connectivity index (χ4v) is 3.36. The Bertz CT molecular complexity index is 414. The summed E-state index contributed by atoms with van der Waals surface area (Å²) in [4.78, 5) is 2.55. The molecule has 1 atom stereocenters. The smallest absolute Gasteiger partial charge is 0.0430 e. The molecule has 3 N–H and O–H groups in total. The second kappa shape index (κ2) is 6.35. The van der Waals surface area contributed by atoms with Gasteiger partial charge in [0.15, 0.2) is 0 Å². The van der Waals surface area contributed by atoms with Crippen LogP contribution in [0, 0.1) is 0 Å². The summed E-state index contributed by atoms with van der Waals surface area (Å²) in [6, 6.07) is 8.62. The lowest BCUT2D eigenvalue weighted by Gasteiger charge is -2.42. The van der Waals surface area contributed by atoms with E-state index < -0.39 is 0 Å². The number of benzene rings is 1. The summed E-state index contributed by atoms with van der Waals surface area (Å²) in [5.74, 6) is 5.83. The van der Waals surface area contributed by atoms with Crippen LogP contribution in [0.2, 0.25) is 0 Å². The predicted molar refractivity (Wildman–Crippen MR) is 83.8 cm³/mol. The number of halogens is 1. The van der Waals surface area contributed by atoms with Crippen molar-refractivity contribution < 1.29 is 0 Å². The molecular weight excluding hydrogens is 302 g/mol. The van der Waals surface area contributed by atoms with Gasteiger partial charge in [-0.25, -0.2) is 0 Å². The predicted octanol–water partition coefficient (Wildman–Crippen LogP) is 2.70. The topological polar surface area (TPSA) is 41.3 Å². The van der Waals surface area contributed by atoms with Crippen molar-refractivity contribution in [1.82, 2.24) is 10.3 Å². The van der Waals surface area contributed by atoms with Gasteiger partial charge in [0.05, 0.1) is 0 Å². The zero-order valence-electron chi connectivity index (χ0n) is 11.8. The lowest BCUT2D eigenvalue weighted by Crippen LogP contribution is -2.59. The maximum Gasteiger partial charge on any atom is 0.0430 e. The van der Waals surface area contributed by atoms with Crippen LogP contribution in [-0.4, -0.2) is 29.6 Å². The van der Waals surface area contributed by atoms with Crippen LogP contribution in [0.4, 0.5) is 0 Å². The number of hydrogen-bond donors (Lipinski definition) is 2. The van der Waals surface area contributed by atoms with Gasteiger partial charge in [0.1, 0.15) is 0 Å². The van der Waals surface area contributed by atoms with E-state index in [9.17, 15) is 0 Å². The first-order valence-electron chi connectivity index (χ1n) is 7.00. The summed E-state index contributed by atoms with van der Waals surface area (Å²) in [6.45, 7) is 6.95. The molecule has 19 heavy (non-hydrogen) atoms. The summed E-state index contributed by atoms with van der Waals surface area (Å²) < 4.78 is 1.16. The van der Waals surface area contributed by atoms with E-state index in [1.54, 1.807) is 0 Å². The van der Waals surface area contributed by atoms with Gasteiger partial charge in [-0.3, -0.25) is 16.2 Å². The van der Waals surface area contributed by atoms with Crippen molar-refractivity contribution in [2.45, 2.75) is 44.7 Å². The number of nitrogens with one attached hydrogen (secondary N) is 1. The van der Waals surface area contributed by atoms with Crippen LogP contribution in [0.25, 0.3) is 0 Å². The number of hydrogen-bond acceptors (Lipinski definition) is 3. The monoisotopic (exact) mass is 325 g/mol. The fourth-order valence-electron chi connectivity index (χ4n) is 2.91. The molecule has 2 rings (SSSR count). The molecule has 1 aromatic rings. The molecule has 0 saturated carbocycles. The Balaban J connectivity index is 2.13. The van der Waals surface area contributed by atoms with E-state index in [2.05, 4.69) is 58.3 Å². The Morgan fingerprint density at radius 1 is 1.32 bits per heavy atom. The van der Waals surface area contributed by atoms with Gasteiger partial charge in [0, 0.05) is 16.1 Å². The Morgan fingerprint density at radius 2 is 1.95 bits per heavy atom. The molecule has 0 bridgehead atoms. The number of rotatable bonds is 5. The molecule has 1 aliphatic heterocycles. The van der Waals surface area contributed by atoms with Gasteiger partial charge in [-0.1, -0.05) is 34.1 Å². The van der Waals surface area contributed by atoms with Gasteiger partial charge < -0.3 is 0 Å². The highest BCUT2D eigenvalue weighted by molar-refractivity contribution is 9.10. The maximum absolute atomic E-state index is 5.83. The molecule has 1 unspecified atom stereocenters. The van der Waals surface area contributed by atoms with Crippen LogP contribution in [0.5, 0.6) is 0 Å². The van der Waals surface area contributed by atoms with E-state index >= 15 is 0 Å². The minimum atomic E-state index is 0.0700. The molecular formula is C15H24BrN3. The molecule has 4 heteroatoms. The van der Waals surface area contributed by atoms with Gasteiger partial charge in [-0.15, -0.1) is 0 Å². The minimum absolute atomic E-state index is 0.0700. The van der Waals surface area contributed by atoms with Crippen molar-refractivity contribution in [2.75, 3.05) is 13.1 Å². The van der Waals surface area contributed by atoms with Crippen LogP contribution < -0.4 is 11.3 Å². The summed E-state index contributed by atoms with van der Waals surface area (Å²) >= 11 is 3.62. The van der Waals surface area contributed by atoms with Crippen molar-refractivity contribution in [3.63, 3.8) is 0 Å². The molecule has 0 amide bonds. The number of hydrazine groups is 1. The average molecular weight is 326 g/mol. The quantitative estimate of drug-likeness (QED) is 0.646. The normalized spacial score (nSPS) is 18.7. The minimum Gasteiger partial charge on any atom is -0.297 e. The van der Waals surface area contributed by atoms with Gasteiger partial charge >= 0.3 is 0 Å². The molecule has 3 nitrogen and oxygen atoms in total. The molecule has 1 aromatic carbocycles. The summed E-state index contributed by atoms with van der Waals surface area (Å²) in [6.07, 6.45) is 3.53. The Hall–Kier alpha value is -0.420. The van der Waals surface area contributed by atoms with E-state index in [0.717, 1.165) is 10.9 Å². The van der Waals surface area contributed by atoms with E-state index in [4.69, 9.17) is 5.84 Å². The molecule has 0 aliphatic carbocycles. The second-order valence-electron chi connectivity index (χ2n) is 5.86. The zero-order valence-corrected chi connectivity index (χ0v) is 13.4. The molecule has 1 heterocycles. The van der Waals surface area contributed by atoms with Crippen molar-refractivity contribution in [1.29, 1.82) is 0 Å². The number of likely N-dealkylation sites (tertiary alicyclic amines) is 1. The van der Waals surface area contributed by atoms with Crippen molar-refractivity contribution in [3.8, 4) is 0 Å². The number of nitrogens with two attached hydrogens (primary N) is 1. The molecule has 1 saturated heterocycles. The lowest BCUT2D eigenvalue weighted by molar-refractivity contribution is 0.106. The second-order valence-corrected chi connectivity index (χ2v) is 6.72. The van der Waals surface area contributed by atoms with E-state index in [-0.39, 0.29) is 11.6 Å². The van der Waals surface area contributed by atoms with Crippen LogP contribution >= 0.6 is 15.9 Å². The lowest BCUT2D eigenvalue weighted by atomic mass is 9.88. The summed E-state index contributed by atoms with van der Waals surface area (Å²) in [5.41, 5.74) is 4.41. The van der Waals surface area contributed by atoms with Gasteiger partial charge in [-0.05, 0) is 57.8 Å². The van der Waals surface area contributed by atoms with Crippen LogP contribution in [0.1, 0.15) is 32.3 Å². The Morgan fingerprint density at radius 3 is 2.53 bits per heavy atom. The SMILES string of the molecule is CC(C)(C(Cc1ccccc1Br)NN)N1CCCC1. The van der Waals surface area contributed by atoms with Gasteiger partial charge in [0.25, 0.3) is 0 Å². The summed E-state index contributed by atoms with van der Waals surface area (Å²) in [7, 11) is 0. The van der Waals surface area contributed by atoms with E-state index in [1.165, 1.54) is 31.5 Å². The van der Waals surface area contributed by atoms with Crippen LogP contribution in [-0.2, 0) is 6.42 Å². The molecule has 0 aromatic heterocycles. The standard InChI is InChI=1S/C15H24BrN3/c1-15(2,19-9-5-6-10-19)14(18-17)11-12-7-3-4-8-13(12)16/h3-4,7-8,14,18H,5-6,9-11,17H2,1-2H3. The van der Waals surface area contributed by atoms with Crippen LogP contribution in [0.3, 0.4) is 0 Å². The van der Waals surface area contributed by atoms with Crippen molar-refractivity contribution in [3.05, 3.63) is 34.3 Å². The zero-order chi connectivity index (χ0) is 13.9. The van der Waals surface area contributed by atoms with Gasteiger partial charge in [0.2, 0.25) is 0 Å². The highest BCUT2D eigenvalue weighted by atomic mass is 79.9. The highest BCUT2D eigenvalue weighted by Gasteiger charge is 2.36. The molecule has 106 valence electrons. The fraction of sp³-hybridized carbons (Fsp3) is 0.600. The highest BCUT2D eigenvalue weighted by Crippen LogP contribution is 2.27. The molecule has 0 radical (unpaired) electrons.